The van der Waals surface area contributed by atoms with Gasteiger partial charge in [-0.3, -0.25) is 4.79 Å². The number of hydrogen-bond acceptors (Lipinski definition) is 4. The van der Waals surface area contributed by atoms with E-state index in [9.17, 15) is 4.79 Å². The number of amides is 1. The van der Waals surface area contributed by atoms with E-state index in [0.29, 0.717) is 17.5 Å². The van der Waals surface area contributed by atoms with Gasteiger partial charge in [-0.25, -0.2) is 0 Å². The van der Waals surface area contributed by atoms with Gasteiger partial charge in [-0.2, -0.15) is 0 Å². The maximum atomic E-state index is 13.2. The highest BCUT2D eigenvalue weighted by molar-refractivity contribution is 6.00. The first-order valence-electron chi connectivity index (χ1n) is 10.8. The van der Waals surface area contributed by atoms with Crippen molar-refractivity contribution in [1.29, 1.82) is 0 Å². The van der Waals surface area contributed by atoms with E-state index in [1.54, 1.807) is 14.2 Å². The van der Waals surface area contributed by atoms with E-state index in [2.05, 4.69) is 30.9 Å². The number of nitrogens with zero attached hydrogens (tertiary/aromatic N) is 2. The Morgan fingerprint density at radius 2 is 1.90 bits per heavy atom. The van der Waals surface area contributed by atoms with Crippen LogP contribution in [0.2, 0.25) is 0 Å². The van der Waals surface area contributed by atoms with E-state index in [0.717, 1.165) is 53.7 Å². The number of aromatic nitrogens is 1. The molecule has 1 fully saturated rings. The smallest absolute Gasteiger partial charge is 0.253 e. The lowest BCUT2D eigenvalue weighted by Crippen LogP contribution is -2.34. The fraction of sp³-hybridized carbons (Fsp3) is 0.400. The quantitative estimate of drug-likeness (QED) is 0.648. The normalized spacial score (nSPS) is 16.3. The molecule has 1 atom stereocenters. The Morgan fingerprint density at radius 3 is 2.55 bits per heavy atom. The summed E-state index contributed by atoms with van der Waals surface area (Å²) in [5.41, 5.74) is 5.07. The number of nitrogens with one attached hydrogen (secondary N) is 1. The fourth-order valence-corrected chi connectivity index (χ4v) is 4.52. The average Bonchev–Trinajstić information content (AvgIpc) is 3.42. The number of aromatic amines is 1. The van der Waals surface area contributed by atoms with Crippen LogP contribution in [0.3, 0.4) is 0 Å². The number of methoxy groups -OCH3 is 2. The van der Waals surface area contributed by atoms with Crippen molar-refractivity contribution in [3.05, 3.63) is 47.5 Å². The molecular weight excluding hydrogens is 390 g/mol. The number of likely N-dealkylation sites (N-methyl/N-ethyl adjacent to an activating group) is 1. The van der Waals surface area contributed by atoms with Gasteiger partial charge in [0, 0.05) is 46.9 Å². The average molecular weight is 422 g/mol. The second-order valence-corrected chi connectivity index (χ2v) is 8.32. The third-order valence-electron chi connectivity index (χ3n) is 6.36. The lowest BCUT2D eigenvalue weighted by Gasteiger charge is -2.20. The molecule has 0 spiro atoms. The highest BCUT2D eigenvalue weighted by atomic mass is 16.5. The van der Waals surface area contributed by atoms with E-state index in [1.165, 1.54) is 5.56 Å². The maximum Gasteiger partial charge on any atom is 0.253 e. The summed E-state index contributed by atoms with van der Waals surface area (Å²) in [5.74, 6) is 1.51. The molecule has 6 heteroatoms. The van der Waals surface area contributed by atoms with Gasteiger partial charge in [0.05, 0.1) is 14.2 Å². The Hall–Kier alpha value is -2.99. The van der Waals surface area contributed by atoms with E-state index < -0.39 is 0 Å². The monoisotopic (exact) mass is 421 g/mol. The van der Waals surface area contributed by atoms with Crippen LogP contribution in [0.25, 0.3) is 22.2 Å². The summed E-state index contributed by atoms with van der Waals surface area (Å²) >= 11 is 0. The third kappa shape index (κ3) is 3.88. The van der Waals surface area contributed by atoms with Gasteiger partial charge >= 0.3 is 0 Å². The molecule has 1 aliphatic rings. The number of hydrogen-bond donors (Lipinski definition) is 1. The van der Waals surface area contributed by atoms with Crippen LogP contribution in [0.4, 0.5) is 0 Å². The summed E-state index contributed by atoms with van der Waals surface area (Å²) in [7, 11) is 7.43. The molecule has 1 unspecified atom stereocenters. The van der Waals surface area contributed by atoms with Crippen molar-refractivity contribution in [2.45, 2.75) is 25.8 Å². The van der Waals surface area contributed by atoms with Crippen LogP contribution in [0.5, 0.6) is 11.5 Å². The van der Waals surface area contributed by atoms with Gasteiger partial charge in [-0.05, 0) is 68.9 Å². The molecule has 2 aromatic carbocycles. The molecule has 3 aromatic rings. The van der Waals surface area contributed by atoms with Crippen molar-refractivity contribution in [2.75, 3.05) is 41.4 Å². The Morgan fingerprint density at radius 1 is 1.13 bits per heavy atom. The molecule has 1 N–H and O–H groups in total. The number of benzene rings is 2. The summed E-state index contributed by atoms with van der Waals surface area (Å²) < 4.78 is 10.9. The molecular formula is C25H31N3O3. The first-order chi connectivity index (χ1) is 15.0. The molecule has 0 saturated carbocycles. The van der Waals surface area contributed by atoms with Gasteiger partial charge in [0.25, 0.3) is 5.91 Å². The number of fused-ring (bicyclic) bond motifs is 1. The van der Waals surface area contributed by atoms with Crippen LogP contribution in [-0.2, 0) is 6.42 Å². The zero-order valence-electron chi connectivity index (χ0n) is 19.0. The Labute approximate surface area is 183 Å². The molecule has 1 saturated heterocycles. The highest BCUT2D eigenvalue weighted by Gasteiger charge is 2.28. The standard InChI is InChI=1S/C25H31N3O3/c1-6-19-20-13-17(25(29)28-12-11-18(15-28)27(2)3)7-9-21(20)26-24(19)16-8-10-22(30-4)23(14-16)31-5/h7-10,13-14,18,26H,6,11-12,15H2,1-5H3. The minimum absolute atomic E-state index is 0.113. The van der Waals surface area contributed by atoms with Crippen LogP contribution in [0.1, 0.15) is 29.3 Å². The minimum Gasteiger partial charge on any atom is -0.493 e. The molecule has 31 heavy (non-hydrogen) atoms. The van der Waals surface area contributed by atoms with Crippen LogP contribution in [0.15, 0.2) is 36.4 Å². The molecule has 4 rings (SSSR count). The SMILES string of the molecule is CCc1c(-c2ccc(OC)c(OC)c2)[nH]c2ccc(C(=O)N3CCC(N(C)C)C3)cc12. The van der Waals surface area contributed by atoms with Crippen molar-refractivity contribution in [2.24, 2.45) is 0 Å². The second kappa shape index (κ2) is 8.63. The van der Waals surface area contributed by atoms with Gasteiger partial charge in [-0.1, -0.05) is 6.92 Å². The van der Waals surface area contributed by atoms with E-state index in [1.807, 2.05) is 41.3 Å². The number of rotatable bonds is 6. The zero-order valence-corrected chi connectivity index (χ0v) is 19.0. The predicted molar refractivity (Wildman–Crippen MR) is 124 cm³/mol. The van der Waals surface area contributed by atoms with Crippen molar-refractivity contribution >= 4 is 16.8 Å². The first-order valence-corrected chi connectivity index (χ1v) is 10.8. The Kier molecular flexibility index (Phi) is 5.92. The molecule has 1 amide bonds. The molecule has 0 radical (unpaired) electrons. The summed E-state index contributed by atoms with van der Waals surface area (Å²) in [6.45, 7) is 3.74. The summed E-state index contributed by atoms with van der Waals surface area (Å²) in [6, 6.07) is 12.4. The Balaban J connectivity index is 1.70. The van der Waals surface area contributed by atoms with Crippen LogP contribution >= 0.6 is 0 Å². The molecule has 2 heterocycles. The zero-order chi connectivity index (χ0) is 22.1. The third-order valence-corrected chi connectivity index (χ3v) is 6.36. The number of carbonyl (C=O) groups excluding carboxylic acids is 1. The summed E-state index contributed by atoms with van der Waals surface area (Å²) in [4.78, 5) is 20.9. The lowest BCUT2D eigenvalue weighted by atomic mass is 10.0. The predicted octanol–water partition coefficient (Wildman–Crippen LogP) is 4.19. The lowest BCUT2D eigenvalue weighted by molar-refractivity contribution is 0.0783. The van der Waals surface area contributed by atoms with E-state index in [4.69, 9.17) is 9.47 Å². The first kappa shape index (κ1) is 21.2. The van der Waals surface area contributed by atoms with Crippen LogP contribution < -0.4 is 9.47 Å². The number of H-pyrrole nitrogens is 1. The number of carbonyl (C=O) groups is 1. The van der Waals surface area contributed by atoms with E-state index >= 15 is 0 Å². The fourth-order valence-electron chi connectivity index (χ4n) is 4.52. The van der Waals surface area contributed by atoms with Crippen molar-refractivity contribution < 1.29 is 14.3 Å². The highest BCUT2D eigenvalue weighted by Crippen LogP contribution is 2.36. The van der Waals surface area contributed by atoms with Crippen molar-refractivity contribution in [3.8, 4) is 22.8 Å². The molecule has 0 bridgehead atoms. The van der Waals surface area contributed by atoms with Crippen LogP contribution in [0, 0.1) is 0 Å². The molecule has 0 aliphatic carbocycles. The van der Waals surface area contributed by atoms with Gasteiger partial charge in [0.2, 0.25) is 0 Å². The summed E-state index contributed by atoms with van der Waals surface area (Å²) in [5, 5.41) is 1.10. The number of aryl methyl sites for hydroxylation is 1. The Bertz CT molecular complexity index is 1100. The van der Waals surface area contributed by atoms with E-state index in [-0.39, 0.29) is 5.91 Å². The molecule has 6 nitrogen and oxygen atoms in total. The topological polar surface area (TPSA) is 57.8 Å². The largest absolute Gasteiger partial charge is 0.493 e. The van der Waals surface area contributed by atoms with Crippen molar-refractivity contribution in [1.82, 2.24) is 14.8 Å². The van der Waals surface area contributed by atoms with Gasteiger partial charge < -0.3 is 24.3 Å². The molecule has 1 aliphatic heterocycles. The van der Waals surface area contributed by atoms with Gasteiger partial charge in [-0.15, -0.1) is 0 Å². The summed E-state index contributed by atoms with van der Waals surface area (Å²) in [6.07, 6.45) is 1.88. The van der Waals surface area contributed by atoms with Crippen molar-refractivity contribution in [3.63, 3.8) is 0 Å². The van der Waals surface area contributed by atoms with Gasteiger partial charge in [0.15, 0.2) is 11.5 Å². The van der Waals surface area contributed by atoms with Gasteiger partial charge in [0.1, 0.15) is 0 Å². The second-order valence-electron chi connectivity index (χ2n) is 8.32. The minimum atomic E-state index is 0.113. The molecule has 1 aromatic heterocycles. The number of ether oxygens (including phenoxy) is 2. The molecule has 164 valence electrons. The number of likely N-dealkylation sites (tertiary alicyclic amines) is 1. The van der Waals surface area contributed by atoms with Crippen LogP contribution in [-0.4, -0.2) is 68.1 Å². The maximum absolute atomic E-state index is 13.2.